The van der Waals surface area contributed by atoms with Crippen LogP contribution in [0.15, 0.2) is 73.7 Å². The molecule has 0 amide bonds. The van der Waals surface area contributed by atoms with Crippen LogP contribution in [-0.2, 0) is 16.3 Å². The molecule has 0 saturated heterocycles. The van der Waals surface area contributed by atoms with Crippen LogP contribution in [0.3, 0.4) is 0 Å². The Morgan fingerprint density at radius 3 is 2.29 bits per heavy atom. The van der Waals surface area contributed by atoms with Crippen molar-refractivity contribution in [1.29, 1.82) is 0 Å². The standard InChI is InChI=1S/C23H25BrN2O4S/c1-3-5-11-20-25-22(27)21(31(29,30)18-14-12-17(24)13-15-18)23(28)26(20)19(4-2)16-9-7-6-8-10-16/h6-10,12-15,19,28H,3-5,11H2,1-2H3. The first-order chi connectivity index (χ1) is 14.8. The Hall–Kier alpha value is -2.45. The monoisotopic (exact) mass is 504 g/mol. The van der Waals surface area contributed by atoms with Crippen LogP contribution in [0.2, 0.25) is 0 Å². The Kier molecular flexibility index (Phi) is 7.33. The van der Waals surface area contributed by atoms with Gasteiger partial charge < -0.3 is 5.11 Å². The van der Waals surface area contributed by atoms with E-state index in [-0.39, 0.29) is 10.9 Å². The van der Waals surface area contributed by atoms with Gasteiger partial charge in [-0.1, -0.05) is 66.5 Å². The molecule has 0 aliphatic heterocycles. The SMILES string of the molecule is CCCCc1nc(=O)c(S(=O)(=O)c2ccc(Br)cc2)c(O)n1C(CC)c1ccccc1. The van der Waals surface area contributed by atoms with E-state index in [4.69, 9.17) is 0 Å². The Balaban J connectivity index is 2.28. The average molecular weight is 505 g/mol. The molecule has 6 nitrogen and oxygen atoms in total. The number of benzene rings is 2. The third kappa shape index (κ3) is 4.75. The van der Waals surface area contributed by atoms with E-state index in [1.807, 2.05) is 44.2 Å². The first-order valence-corrected chi connectivity index (χ1v) is 12.5. The number of aromatic nitrogens is 2. The second-order valence-electron chi connectivity index (χ2n) is 7.25. The summed E-state index contributed by atoms with van der Waals surface area (Å²) in [7, 11) is -4.27. The van der Waals surface area contributed by atoms with Crippen molar-refractivity contribution in [3.05, 3.63) is 80.8 Å². The van der Waals surface area contributed by atoms with Crippen LogP contribution in [0.1, 0.15) is 50.5 Å². The van der Waals surface area contributed by atoms with E-state index in [1.165, 1.54) is 16.7 Å². The number of unbranched alkanes of at least 4 members (excludes halogenated alkanes) is 1. The molecule has 0 fully saturated rings. The van der Waals surface area contributed by atoms with Crippen LogP contribution in [0.4, 0.5) is 0 Å². The molecule has 164 valence electrons. The van der Waals surface area contributed by atoms with Gasteiger partial charge in [0.1, 0.15) is 5.82 Å². The van der Waals surface area contributed by atoms with Crippen molar-refractivity contribution >= 4 is 25.8 Å². The number of rotatable bonds is 8. The van der Waals surface area contributed by atoms with Crippen molar-refractivity contribution in [2.75, 3.05) is 0 Å². The van der Waals surface area contributed by atoms with Crippen molar-refractivity contribution in [3.63, 3.8) is 0 Å². The molecule has 1 atom stereocenters. The van der Waals surface area contributed by atoms with Gasteiger partial charge in [-0.05, 0) is 42.7 Å². The van der Waals surface area contributed by atoms with E-state index in [0.717, 1.165) is 18.4 Å². The molecule has 2 aromatic carbocycles. The lowest BCUT2D eigenvalue weighted by Gasteiger charge is -2.25. The fourth-order valence-corrected chi connectivity index (χ4v) is 5.21. The lowest BCUT2D eigenvalue weighted by Crippen LogP contribution is -2.27. The minimum absolute atomic E-state index is 0.0782. The van der Waals surface area contributed by atoms with E-state index in [2.05, 4.69) is 20.9 Å². The summed E-state index contributed by atoms with van der Waals surface area (Å²) in [5.74, 6) is -0.181. The highest BCUT2D eigenvalue weighted by atomic mass is 79.9. The number of nitrogens with zero attached hydrogens (tertiary/aromatic N) is 2. The summed E-state index contributed by atoms with van der Waals surface area (Å²) in [6.07, 6.45) is 2.67. The smallest absolute Gasteiger partial charge is 0.296 e. The largest absolute Gasteiger partial charge is 0.493 e. The zero-order valence-electron chi connectivity index (χ0n) is 17.5. The number of halogens is 1. The summed E-state index contributed by atoms with van der Waals surface area (Å²) >= 11 is 3.27. The molecular formula is C23H25BrN2O4S. The van der Waals surface area contributed by atoms with Gasteiger partial charge in [-0.25, -0.2) is 8.42 Å². The Labute approximate surface area is 190 Å². The summed E-state index contributed by atoms with van der Waals surface area (Å²) in [5.41, 5.74) is -0.0406. The molecular weight excluding hydrogens is 480 g/mol. The summed E-state index contributed by atoms with van der Waals surface area (Å²) < 4.78 is 28.8. The van der Waals surface area contributed by atoms with E-state index in [1.54, 1.807) is 12.1 Å². The number of aromatic hydroxyl groups is 1. The van der Waals surface area contributed by atoms with Crippen LogP contribution in [0.5, 0.6) is 5.88 Å². The predicted octanol–water partition coefficient (Wildman–Crippen LogP) is 4.89. The fraction of sp³-hybridized carbons (Fsp3) is 0.304. The molecule has 1 aromatic heterocycles. The van der Waals surface area contributed by atoms with Crippen LogP contribution < -0.4 is 5.56 Å². The van der Waals surface area contributed by atoms with Crippen molar-refractivity contribution < 1.29 is 13.5 Å². The summed E-state index contributed by atoms with van der Waals surface area (Å²) in [6, 6.07) is 15.1. The van der Waals surface area contributed by atoms with Gasteiger partial charge in [0.05, 0.1) is 10.9 Å². The van der Waals surface area contributed by atoms with Gasteiger partial charge in [0.2, 0.25) is 15.7 Å². The topological polar surface area (TPSA) is 89.3 Å². The number of hydrogen-bond acceptors (Lipinski definition) is 5. The van der Waals surface area contributed by atoms with Gasteiger partial charge >= 0.3 is 0 Å². The van der Waals surface area contributed by atoms with Crippen molar-refractivity contribution in [1.82, 2.24) is 9.55 Å². The summed E-state index contributed by atoms with van der Waals surface area (Å²) in [4.78, 5) is 16.2. The third-order valence-electron chi connectivity index (χ3n) is 5.16. The lowest BCUT2D eigenvalue weighted by molar-refractivity contribution is 0.358. The molecule has 3 rings (SSSR count). The molecule has 1 N–H and O–H groups in total. The van der Waals surface area contributed by atoms with Gasteiger partial charge in [-0.3, -0.25) is 9.36 Å². The van der Waals surface area contributed by atoms with Crippen LogP contribution in [0.25, 0.3) is 0 Å². The van der Waals surface area contributed by atoms with Crippen LogP contribution in [-0.4, -0.2) is 23.1 Å². The highest BCUT2D eigenvalue weighted by molar-refractivity contribution is 9.10. The molecule has 0 saturated carbocycles. The van der Waals surface area contributed by atoms with Crippen LogP contribution in [0, 0.1) is 0 Å². The molecule has 3 aromatic rings. The quantitative estimate of drug-likeness (QED) is 0.471. The first-order valence-electron chi connectivity index (χ1n) is 10.2. The minimum Gasteiger partial charge on any atom is -0.493 e. The van der Waals surface area contributed by atoms with Crippen molar-refractivity contribution in [2.24, 2.45) is 0 Å². The van der Waals surface area contributed by atoms with E-state index < -0.39 is 26.2 Å². The first kappa shape index (κ1) is 23.2. The van der Waals surface area contributed by atoms with E-state index in [9.17, 15) is 18.3 Å². The highest BCUT2D eigenvalue weighted by Gasteiger charge is 2.31. The van der Waals surface area contributed by atoms with E-state index in [0.29, 0.717) is 23.1 Å². The lowest BCUT2D eigenvalue weighted by atomic mass is 10.0. The maximum atomic E-state index is 13.3. The normalized spacial score (nSPS) is 12.6. The fourth-order valence-electron chi connectivity index (χ4n) is 3.60. The highest BCUT2D eigenvalue weighted by Crippen LogP contribution is 2.33. The molecule has 0 spiro atoms. The molecule has 1 heterocycles. The predicted molar refractivity (Wildman–Crippen MR) is 123 cm³/mol. The zero-order chi connectivity index (χ0) is 22.6. The molecule has 8 heteroatoms. The van der Waals surface area contributed by atoms with Gasteiger partial charge in [-0.15, -0.1) is 0 Å². The average Bonchev–Trinajstić information content (AvgIpc) is 2.75. The van der Waals surface area contributed by atoms with Gasteiger partial charge in [0.15, 0.2) is 4.90 Å². The second-order valence-corrected chi connectivity index (χ2v) is 10.1. The van der Waals surface area contributed by atoms with Gasteiger partial charge in [0, 0.05) is 10.9 Å². The number of hydrogen-bond donors (Lipinski definition) is 1. The Morgan fingerprint density at radius 1 is 1.06 bits per heavy atom. The van der Waals surface area contributed by atoms with Gasteiger partial charge in [0.25, 0.3) is 5.56 Å². The number of sulfone groups is 1. The molecule has 0 bridgehead atoms. The maximum absolute atomic E-state index is 13.3. The molecule has 0 aliphatic rings. The second kappa shape index (κ2) is 9.78. The van der Waals surface area contributed by atoms with Crippen molar-refractivity contribution in [2.45, 2.75) is 55.4 Å². The summed E-state index contributed by atoms with van der Waals surface area (Å²) in [6.45, 7) is 3.96. The maximum Gasteiger partial charge on any atom is 0.296 e. The minimum atomic E-state index is -4.27. The molecule has 0 radical (unpaired) electrons. The Morgan fingerprint density at radius 2 is 1.71 bits per heavy atom. The molecule has 31 heavy (non-hydrogen) atoms. The number of aryl methyl sites for hydroxylation is 1. The zero-order valence-corrected chi connectivity index (χ0v) is 19.9. The Bertz CT molecular complexity index is 1210. The van der Waals surface area contributed by atoms with Crippen LogP contribution >= 0.6 is 15.9 Å². The third-order valence-corrected chi connectivity index (χ3v) is 7.48. The molecule has 1 unspecified atom stereocenters. The van der Waals surface area contributed by atoms with Gasteiger partial charge in [-0.2, -0.15) is 4.98 Å². The molecule has 0 aliphatic carbocycles. The van der Waals surface area contributed by atoms with Crippen molar-refractivity contribution in [3.8, 4) is 5.88 Å². The van der Waals surface area contributed by atoms with E-state index >= 15 is 0 Å². The summed E-state index contributed by atoms with van der Waals surface area (Å²) in [5, 5.41) is 11.2.